The number of aliphatic hydroxyl groups is 1. The molecule has 0 aromatic carbocycles. The van der Waals surface area contributed by atoms with Gasteiger partial charge in [0, 0.05) is 0 Å². The Labute approximate surface area is 103 Å². The second-order valence-corrected chi connectivity index (χ2v) is 4.91. The summed E-state index contributed by atoms with van der Waals surface area (Å²) in [5, 5.41) is 9.32. The minimum absolute atomic E-state index is 0.158. The Morgan fingerprint density at radius 2 is 1.25 bits per heavy atom. The highest BCUT2D eigenvalue weighted by molar-refractivity contribution is 4.57. The molecular weight excluding hydrogens is 196 g/mol. The van der Waals surface area contributed by atoms with Crippen molar-refractivity contribution in [1.29, 1.82) is 0 Å². The molecule has 0 saturated carbocycles. The van der Waals surface area contributed by atoms with E-state index in [2.05, 4.69) is 13.8 Å². The van der Waals surface area contributed by atoms with Gasteiger partial charge in [0.15, 0.2) is 0 Å². The van der Waals surface area contributed by atoms with Crippen molar-refractivity contribution in [2.24, 2.45) is 0 Å². The van der Waals surface area contributed by atoms with Crippen LogP contribution in [0.5, 0.6) is 0 Å². The SMILES string of the molecule is [CH2]CC(O)CCCCCCCCCCCC. The molecule has 0 amide bonds. The molecule has 16 heavy (non-hydrogen) atoms. The molecule has 0 aliphatic heterocycles. The first-order valence-corrected chi connectivity index (χ1v) is 7.28. The first kappa shape index (κ1) is 16.0. The van der Waals surface area contributed by atoms with E-state index in [1.165, 1.54) is 64.2 Å². The number of unbranched alkanes of at least 4 members (excludes halogenated alkanes) is 9. The van der Waals surface area contributed by atoms with Gasteiger partial charge < -0.3 is 5.11 Å². The minimum Gasteiger partial charge on any atom is -0.393 e. The van der Waals surface area contributed by atoms with Crippen molar-refractivity contribution >= 4 is 0 Å². The number of aliphatic hydroxyl groups excluding tert-OH is 1. The maximum Gasteiger partial charge on any atom is 0.0540 e. The molecule has 1 unspecified atom stereocenters. The summed E-state index contributed by atoms with van der Waals surface area (Å²) in [6, 6.07) is 0. The van der Waals surface area contributed by atoms with Crippen LogP contribution in [0.2, 0.25) is 0 Å². The molecule has 0 aromatic rings. The van der Waals surface area contributed by atoms with E-state index in [-0.39, 0.29) is 6.10 Å². The van der Waals surface area contributed by atoms with Gasteiger partial charge >= 0.3 is 0 Å². The summed E-state index contributed by atoms with van der Waals surface area (Å²) < 4.78 is 0. The Morgan fingerprint density at radius 3 is 1.69 bits per heavy atom. The summed E-state index contributed by atoms with van der Waals surface area (Å²) in [5.74, 6) is 0. The average Bonchev–Trinajstić information content (AvgIpc) is 2.31. The van der Waals surface area contributed by atoms with Crippen LogP contribution in [-0.2, 0) is 0 Å². The zero-order valence-corrected chi connectivity index (χ0v) is 11.2. The molecule has 1 heteroatoms. The molecule has 0 bridgehead atoms. The lowest BCUT2D eigenvalue weighted by molar-refractivity contribution is 0.163. The highest BCUT2D eigenvalue weighted by Gasteiger charge is 1.99. The fourth-order valence-corrected chi connectivity index (χ4v) is 2.01. The van der Waals surface area contributed by atoms with E-state index in [0.717, 1.165) is 6.42 Å². The Bertz CT molecular complexity index is 123. The van der Waals surface area contributed by atoms with Crippen LogP contribution in [-0.4, -0.2) is 11.2 Å². The molecular formula is C15H31O. The predicted octanol–water partition coefficient (Wildman–Crippen LogP) is 4.88. The molecule has 97 valence electrons. The Balaban J connectivity index is 2.93. The van der Waals surface area contributed by atoms with Crippen molar-refractivity contribution in [3.8, 4) is 0 Å². The fourth-order valence-electron chi connectivity index (χ4n) is 2.01. The monoisotopic (exact) mass is 227 g/mol. The zero-order chi connectivity index (χ0) is 12.1. The quantitative estimate of drug-likeness (QED) is 0.471. The maximum atomic E-state index is 9.32. The third kappa shape index (κ3) is 12.0. The van der Waals surface area contributed by atoms with E-state index in [9.17, 15) is 5.11 Å². The topological polar surface area (TPSA) is 20.2 Å². The van der Waals surface area contributed by atoms with Crippen LogP contribution in [0.1, 0.15) is 84.0 Å². The largest absolute Gasteiger partial charge is 0.393 e. The number of hydrogen-bond acceptors (Lipinski definition) is 1. The summed E-state index contributed by atoms with van der Waals surface area (Å²) in [6.45, 7) is 5.96. The van der Waals surface area contributed by atoms with Gasteiger partial charge in [-0.25, -0.2) is 0 Å². The van der Waals surface area contributed by atoms with Gasteiger partial charge in [0.25, 0.3) is 0 Å². The van der Waals surface area contributed by atoms with E-state index in [0.29, 0.717) is 6.42 Å². The van der Waals surface area contributed by atoms with Crippen molar-refractivity contribution in [3.05, 3.63) is 6.92 Å². The van der Waals surface area contributed by atoms with Gasteiger partial charge in [0.1, 0.15) is 0 Å². The van der Waals surface area contributed by atoms with Crippen LogP contribution in [0, 0.1) is 6.92 Å². The predicted molar refractivity (Wildman–Crippen MR) is 72.4 cm³/mol. The van der Waals surface area contributed by atoms with Crippen LogP contribution < -0.4 is 0 Å². The molecule has 0 fully saturated rings. The van der Waals surface area contributed by atoms with Crippen LogP contribution >= 0.6 is 0 Å². The van der Waals surface area contributed by atoms with Crippen molar-refractivity contribution in [3.63, 3.8) is 0 Å². The summed E-state index contributed by atoms with van der Waals surface area (Å²) in [6.07, 6.45) is 15.1. The minimum atomic E-state index is -0.158. The second kappa shape index (κ2) is 13.0. The van der Waals surface area contributed by atoms with Gasteiger partial charge in [-0.2, -0.15) is 0 Å². The Kier molecular flexibility index (Phi) is 13.0. The second-order valence-electron chi connectivity index (χ2n) is 4.91. The standard InChI is InChI=1S/C15H31O/c1-3-5-6-7-8-9-10-11-12-13-14-15(16)4-2/h15-16H,2-14H2,1H3. The third-order valence-corrected chi connectivity index (χ3v) is 3.22. The van der Waals surface area contributed by atoms with Gasteiger partial charge in [-0.15, -0.1) is 0 Å². The molecule has 0 aliphatic carbocycles. The molecule has 0 spiro atoms. The van der Waals surface area contributed by atoms with Crippen LogP contribution in [0.3, 0.4) is 0 Å². The first-order chi connectivity index (χ1) is 7.81. The number of hydrogen-bond donors (Lipinski definition) is 1. The molecule has 0 rings (SSSR count). The van der Waals surface area contributed by atoms with E-state index in [4.69, 9.17) is 0 Å². The van der Waals surface area contributed by atoms with E-state index in [1.54, 1.807) is 0 Å². The van der Waals surface area contributed by atoms with Gasteiger partial charge in [0.05, 0.1) is 6.10 Å². The lowest BCUT2D eigenvalue weighted by Crippen LogP contribution is -2.03. The highest BCUT2D eigenvalue weighted by atomic mass is 16.3. The van der Waals surface area contributed by atoms with E-state index in [1.807, 2.05) is 0 Å². The zero-order valence-electron chi connectivity index (χ0n) is 11.2. The lowest BCUT2D eigenvalue weighted by atomic mass is 10.0. The van der Waals surface area contributed by atoms with Crippen molar-refractivity contribution in [2.45, 2.75) is 90.1 Å². The highest BCUT2D eigenvalue weighted by Crippen LogP contribution is 2.12. The molecule has 0 saturated heterocycles. The van der Waals surface area contributed by atoms with Crippen molar-refractivity contribution in [1.82, 2.24) is 0 Å². The van der Waals surface area contributed by atoms with Crippen LogP contribution in [0.4, 0.5) is 0 Å². The lowest BCUT2D eigenvalue weighted by Gasteiger charge is -2.06. The maximum absolute atomic E-state index is 9.32. The average molecular weight is 227 g/mol. The van der Waals surface area contributed by atoms with Crippen LogP contribution in [0.25, 0.3) is 0 Å². The van der Waals surface area contributed by atoms with Crippen LogP contribution in [0.15, 0.2) is 0 Å². The van der Waals surface area contributed by atoms with E-state index < -0.39 is 0 Å². The third-order valence-electron chi connectivity index (χ3n) is 3.22. The molecule has 0 aromatic heterocycles. The number of rotatable bonds is 12. The van der Waals surface area contributed by atoms with Gasteiger partial charge in [-0.3, -0.25) is 0 Å². The first-order valence-electron chi connectivity index (χ1n) is 7.28. The molecule has 1 atom stereocenters. The normalized spacial score (nSPS) is 12.9. The fraction of sp³-hybridized carbons (Fsp3) is 0.933. The van der Waals surface area contributed by atoms with Gasteiger partial charge in [-0.1, -0.05) is 78.1 Å². The molecule has 0 heterocycles. The summed E-state index contributed by atoms with van der Waals surface area (Å²) in [7, 11) is 0. The summed E-state index contributed by atoms with van der Waals surface area (Å²) in [5.41, 5.74) is 0. The van der Waals surface area contributed by atoms with Gasteiger partial charge in [0.2, 0.25) is 0 Å². The van der Waals surface area contributed by atoms with Crippen molar-refractivity contribution in [2.75, 3.05) is 0 Å². The van der Waals surface area contributed by atoms with Gasteiger partial charge in [-0.05, 0) is 12.8 Å². The molecule has 1 N–H and O–H groups in total. The molecule has 1 radical (unpaired) electrons. The summed E-state index contributed by atoms with van der Waals surface area (Å²) >= 11 is 0. The smallest absolute Gasteiger partial charge is 0.0540 e. The molecule has 1 nitrogen and oxygen atoms in total. The van der Waals surface area contributed by atoms with E-state index >= 15 is 0 Å². The Morgan fingerprint density at radius 1 is 0.812 bits per heavy atom. The summed E-state index contributed by atoms with van der Waals surface area (Å²) in [4.78, 5) is 0. The Hall–Kier alpha value is -0.0400. The van der Waals surface area contributed by atoms with Crippen molar-refractivity contribution < 1.29 is 5.11 Å². The molecule has 0 aliphatic rings.